The largest absolute Gasteiger partial charge is 0.481 e. The molecule has 0 aliphatic carbocycles. The zero-order chi connectivity index (χ0) is 24.3. The fraction of sp³-hybridized carbons (Fsp3) is 0.208. The molecule has 10 heteroatoms. The molecule has 2 heterocycles. The Morgan fingerprint density at radius 3 is 2.53 bits per heavy atom. The van der Waals surface area contributed by atoms with Crippen LogP contribution in [-0.2, 0) is 19.6 Å². The van der Waals surface area contributed by atoms with Crippen molar-refractivity contribution >= 4 is 33.3 Å². The summed E-state index contributed by atoms with van der Waals surface area (Å²) in [5.74, 6) is -1.04. The molecule has 0 bridgehead atoms. The van der Waals surface area contributed by atoms with Gasteiger partial charge in [0.1, 0.15) is 11.8 Å². The first-order valence-corrected chi connectivity index (χ1v) is 12.1. The van der Waals surface area contributed by atoms with Crippen LogP contribution in [0.15, 0.2) is 81.3 Å². The number of nitrogens with zero attached hydrogens (tertiary/aromatic N) is 2. The normalized spacial score (nSPS) is 15.7. The average Bonchev–Trinajstić information content (AvgIpc) is 3.48. The number of para-hydroxylation sites is 1. The van der Waals surface area contributed by atoms with Gasteiger partial charge in [0.15, 0.2) is 0 Å². The summed E-state index contributed by atoms with van der Waals surface area (Å²) in [7, 11) is -3.87. The van der Waals surface area contributed by atoms with Crippen molar-refractivity contribution < 1.29 is 27.5 Å². The molecule has 0 spiro atoms. The van der Waals surface area contributed by atoms with E-state index in [2.05, 4.69) is 9.82 Å². The van der Waals surface area contributed by atoms with Gasteiger partial charge in [-0.2, -0.15) is 5.10 Å². The van der Waals surface area contributed by atoms with E-state index in [9.17, 15) is 18.0 Å². The molecule has 1 aromatic heterocycles. The smallest absolute Gasteiger partial charge is 0.303 e. The lowest BCUT2D eigenvalue weighted by atomic mass is 10.0. The number of furan rings is 1. The Kier molecular flexibility index (Phi) is 6.51. The minimum Gasteiger partial charge on any atom is -0.481 e. The number of hydrogen-bond donors (Lipinski definition) is 2. The third kappa shape index (κ3) is 4.86. The number of carbonyl (C=O) groups is 2. The summed E-state index contributed by atoms with van der Waals surface area (Å²) in [6.45, 7) is 1.72. The first-order chi connectivity index (χ1) is 16.3. The molecule has 0 saturated carbocycles. The third-order valence-electron chi connectivity index (χ3n) is 5.46. The number of sulfonamides is 1. The molecular weight excluding hydrogens is 458 g/mol. The SMILES string of the molecule is Cc1ccccc1S(=O)(=O)Nc1ccccc1C1=NN(C(=O)CCC(=O)O)[C@H](c2ccco2)C1. The van der Waals surface area contributed by atoms with Gasteiger partial charge in [0.25, 0.3) is 10.0 Å². The summed E-state index contributed by atoms with van der Waals surface area (Å²) in [6, 6.07) is 16.3. The lowest BCUT2D eigenvalue weighted by Crippen LogP contribution is -2.27. The number of aliphatic carboxylic acids is 1. The van der Waals surface area contributed by atoms with Crippen LogP contribution in [0.3, 0.4) is 0 Å². The number of carboxylic acid groups (broad SMARTS) is 1. The molecule has 34 heavy (non-hydrogen) atoms. The maximum atomic E-state index is 13.1. The van der Waals surface area contributed by atoms with Gasteiger partial charge in [0.05, 0.1) is 29.0 Å². The summed E-state index contributed by atoms with van der Waals surface area (Å²) >= 11 is 0. The molecule has 2 aromatic carbocycles. The molecule has 0 fully saturated rings. The van der Waals surface area contributed by atoms with E-state index in [-0.39, 0.29) is 24.2 Å². The van der Waals surface area contributed by atoms with E-state index in [0.717, 1.165) is 0 Å². The molecular formula is C24H23N3O6S. The molecule has 1 aliphatic heterocycles. The highest BCUT2D eigenvalue weighted by atomic mass is 32.2. The zero-order valence-corrected chi connectivity index (χ0v) is 19.2. The number of benzene rings is 2. The Labute approximate surface area is 196 Å². The molecule has 1 aliphatic rings. The Balaban J connectivity index is 1.68. The monoisotopic (exact) mass is 481 g/mol. The lowest BCUT2D eigenvalue weighted by Gasteiger charge is -2.19. The van der Waals surface area contributed by atoms with Crippen LogP contribution in [0.25, 0.3) is 0 Å². The van der Waals surface area contributed by atoms with Crippen molar-refractivity contribution in [3.63, 3.8) is 0 Å². The quantitative estimate of drug-likeness (QED) is 0.501. The molecule has 2 N–H and O–H groups in total. The summed E-state index contributed by atoms with van der Waals surface area (Å²) < 4.78 is 34.3. The molecule has 0 radical (unpaired) electrons. The molecule has 0 unspecified atom stereocenters. The van der Waals surface area contributed by atoms with Crippen molar-refractivity contribution in [3.05, 3.63) is 83.8 Å². The number of hydrazone groups is 1. The van der Waals surface area contributed by atoms with Crippen LogP contribution in [0.5, 0.6) is 0 Å². The average molecular weight is 482 g/mol. The Morgan fingerprint density at radius 1 is 1.09 bits per heavy atom. The number of carboxylic acids is 1. The van der Waals surface area contributed by atoms with Gasteiger partial charge in [0, 0.05) is 18.4 Å². The van der Waals surface area contributed by atoms with Crippen LogP contribution < -0.4 is 4.72 Å². The van der Waals surface area contributed by atoms with E-state index in [0.29, 0.717) is 28.3 Å². The molecule has 0 saturated heterocycles. The maximum Gasteiger partial charge on any atom is 0.303 e. The van der Waals surface area contributed by atoms with E-state index in [1.165, 1.54) is 17.3 Å². The fourth-order valence-corrected chi connectivity index (χ4v) is 5.14. The summed E-state index contributed by atoms with van der Waals surface area (Å²) in [4.78, 5) is 23.9. The Morgan fingerprint density at radius 2 is 1.82 bits per heavy atom. The van der Waals surface area contributed by atoms with E-state index >= 15 is 0 Å². The molecule has 1 amide bonds. The summed E-state index contributed by atoms with van der Waals surface area (Å²) in [5, 5.41) is 14.6. The Hall–Kier alpha value is -3.92. The minimum absolute atomic E-state index is 0.164. The Bertz CT molecular complexity index is 1350. The van der Waals surface area contributed by atoms with Gasteiger partial charge in [-0.15, -0.1) is 0 Å². The van der Waals surface area contributed by atoms with Crippen LogP contribution in [0, 0.1) is 6.92 Å². The number of amides is 1. The molecule has 4 rings (SSSR count). The third-order valence-corrected chi connectivity index (χ3v) is 6.98. The second-order valence-electron chi connectivity index (χ2n) is 7.83. The summed E-state index contributed by atoms with van der Waals surface area (Å²) in [5.41, 5.74) is 1.93. The highest BCUT2D eigenvalue weighted by Gasteiger charge is 2.35. The van der Waals surface area contributed by atoms with Crippen LogP contribution in [0.1, 0.15) is 42.2 Å². The van der Waals surface area contributed by atoms with Crippen molar-refractivity contribution in [2.75, 3.05) is 4.72 Å². The van der Waals surface area contributed by atoms with Gasteiger partial charge in [-0.25, -0.2) is 13.4 Å². The van der Waals surface area contributed by atoms with E-state index in [1.54, 1.807) is 61.5 Å². The molecule has 3 aromatic rings. The van der Waals surface area contributed by atoms with Gasteiger partial charge in [0.2, 0.25) is 5.91 Å². The number of rotatable bonds is 8. The van der Waals surface area contributed by atoms with Crippen LogP contribution in [0.4, 0.5) is 5.69 Å². The second-order valence-corrected chi connectivity index (χ2v) is 9.48. The van der Waals surface area contributed by atoms with Crippen molar-refractivity contribution in [2.45, 2.75) is 37.1 Å². The van der Waals surface area contributed by atoms with Crippen molar-refractivity contribution in [2.24, 2.45) is 5.10 Å². The zero-order valence-electron chi connectivity index (χ0n) is 18.3. The minimum atomic E-state index is -3.87. The standard InChI is InChI=1S/C24H23N3O6S/c1-16-7-2-5-11-22(16)34(31,32)26-18-9-4-3-8-17(18)19-15-20(21-10-6-14-33-21)27(25-19)23(28)12-13-24(29)30/h2-11,14,20,26H,12-13,15H2,1H3,(H,29,30)/t20-/m0/s1. The summed E-state index contributed by atoms with van der Waals surface area (Å²) in [6.07, 6.45) is 1.22. The molecule has 1 atom stereocenters. The molecule has 176 valence electrons. The predicted octanol–water partition coefficient (Wildman–Crippen LogP) is 3.93. The second kappa shape index (κ2) is 9.52. The van der Waals surface area contributed by atoms with Gasteiger partial charge in [-0.1, -0.05) is 36.4 Å². The predicted molar refractivity (Wildman–Crippen MR) is 125 cm³/mol. The number of hydrogen-bond acceptors (Lipinski definition) is 6. The van der Waals surface area contributed by atoms with E-state index < -0.39 is 27.9 Å². The van der Waals surface area contributed by atoms with Crippen LogP contribution >= 0.6 is 0 Å². The topological polar surface area (TPSA) is 129 Å². The lowest BCUT2D eigenvalue weighted by molar-refractivity contribution is -0.141. The highest BCUT2D eigenvalue weighted by molar-refractivity contribution is 7.92. The number of carbonyl (C=O) groups excluding carboxylic acids is 1. The van der Waals surface area contributed by atoms with Gasteiger partial charge < -0.3 is 9.52 Å². The van der Waals surface area contributed by atoms with Gasteiger partial charge in [-0.05, 0) is 36.8 Å². The first-order valence-electron chi connectivity index (χ1n) is 10.6. The van der Waals surface area contributed by atoms with Gasteiger partial charge >= 0.3 is 5.97 Å². The van der Waals surface area contributed by atoms with Crippen LogP contribution in [0.2, 0.25) is 0 Å². The van der Waals surface area contributed by atoms with Gasteiger partial charge in [-0.3, -0.25) is 14.3 Å². The highest BCUT2D eigenvalue weighted by Crippen LogP contribution is 2.35. The number of aryl methyl sites for hydroxylation is 1. The van der Waals surface area contributed by atoms with E-state index in [1.807, 2.05) is 0 Å². The first kappa shape index (κ1) is 23.2. The van der Waals surface area contributed by atoms with Crippen LogP contribution in [-0.4, -0.2) is 36.1 Å². The van der Waals surface area contributed by atoms with Crippen molar-refractivity contribution in [1.29, 1.82) is 0 Å². The van der Waals surface area contributed by atoms with Crippen molar-refractivity contribution in [3.8, 4) is 0 Å². The maximum absolute atomic E-state index is 13.1. The molecule has 9 nitrogen and oxygen atoms in total. The van der Waals surface area contributed by atoms with E-state index in [4.69, 9.17) is 9.52 Å². The fourth-order valence-electron chi connectivity index (χ4n) is 3.82. The number of nitrogens with one attached hydrogen (secondary N) is 1. The van der Waals surface area contributed by atoms with Crippen molar-refractivity contribution in [1.82, 2.24) is 5.01 Å². The number of anilines is 1.